The van der Waals surface area contributed by atoms with Crippen LogP contribution in [0.15, 0.2) is 54.7 Å². The number of aliphatic hydroxyl groups is 1. The number of nitrogens with one attached hydrogen (secondary N) is 1. The van der Waals surface area contributed by atoms with Gasteiger partial charge in [0.25, 0.3) is 6.43 Å². The third-order valence-electron chi connectivity index (χ3n) is 6.92. The van der Waals surface area contributed by atoms with Gasteiger partial charge in [-0.25, -0.2) is 18.0 Å². The summed E-state index contributed by atoms with van der Waals surface area (Å²) in [4.78, 5) is 30.2. The predicted molar refractivity (Wildman–Crippen MR) is 151 cm³/mol. The summed E-state index contributed by atoms with van der Waals surface area (Å²) in [5, 5.41) is 12.8. The molecule has 0 bridgehead atoms. The van der Waals surface area contributed by atoms with Crippen molar-refractivity contribution >= 4 is 29.2 Å². The molecule has 6 nitrogen and oxygen atoms in total. The van der Waals surface area contributed by atoms with E-state index in [0.29, 0.717) is 36.2 Å². The fourth-order valence-corrected chi connectivity index (χ4v) is 5.26. The molecule has 0 radical (unpaired) electrons. The Morgan fingerprint density at radius 1 is 1.12 bits per heavy atom. The Balaban J connectivity index is 1.58. The zero-order chi connectivity index (χ0) is 30.1. The molecule has 1 heterocycles. The predicted octanol–water partition coefficient (Wildman–Crippen LogP) is 7.71. The van der Waals surface area contributed by atoms with Crippen LogP contribution in [0.4, 0.5) is 18.9 Å². The highest BCUT2D eigenvalue weighted by molar-refractivity contribution is 6.31. The first-order valence-electron chi connectivity index (χ1n) is 13.2. The van der Waals surface area contributed by atoms with Gasteiger partial charge in [0, 0.05) is 28.6 Å². The van der Waals surface area contributed by atoms with Gasteiger partial charge < -0.3 is 15.2 Å². The summed E-state index contributed by atoms with van der Waals surface area (Å²) in [6, 6.07) is 11.4. The lowest BCUT2D eigenvalue weighted by atomic mass is 9.68. The molecule has 0 aliphatic heterocycles. The first-order valence-corrected chi connectivity index (χ1v) is 13.6. The third-order valence-corrected chi connectivity index (χ3v) is 7.22. The van der Waals surface area contributed by atoms with Crippen molar-refractivity contribution < 1.29 is 32.6 Å². The van der Waals surface area contributed by atoms with Crippen LogP contribution in [0.1, 0.15) is 80.9 Å². The quantitative estimate of drug-likeness (QED) is 0.263. The van der Waals surface area contributed by atoms with Crippen LogP contribution >= 0.6 is 11.6 Å². The number of halogens is 4. The molecule has 1 aromatic heterocycles. The first kappa shape index (κ1) is 30.5. The number of nitrogens with zero attached hydrogens (tertiary/aromatic N) is 1. The average Bonchev–Trinajstić information content (AvgIpc) is 2.87. The van der Waals surface area contributed by atoms with Gasteiger partial charge in [-0.2, -0.15) is 0 Å². The molecular formula is C31H32ClF3N2O4. The second-order valence-corrected chi connectivity index (χ2v) is 12.1. The summed E-state index contributed by atoms with van der Waals surface area (Å²) in [6.07, 6.45) is -0.250. The summed E-state index contributed by atoms with van der Waals surface area (Å²) in [6.45, 7) is 7.04. The monoisotopic (exact) mass is 588 g/mol. The summed E-state index contributed by atoms with van der Waals surface area (Å²) < 4.78 is 47.4. The number of carbonyl (C=O) groups excluding carboxylic acids is 2. The summed E-state index contributed by atoms with van der Waals surface area (Å²) in [7, 11) is 0. The van der Waals surface area contributed by atoms with E-state index in [1.165, 1.54) is 18.3 Å². The molecule has 2 aromatic carbocycles. The van der Waals surface area contributed by atoms with E-state index < -0.39 is 40.9 Å². The van der Waals surface area contributed by atoms with E-state index in [9.17, 15) is 27.9 Å². The Bertz CT molecular complexity index is 1410. The van der Waals surface area contributed by atoms with Crippen molar-refractivity contribution in [3.8, 4) is 11.1 Å². The standard InChI is InChI=1S/C31H32ClF3N2O4/c1-30(2,3)41-29(39)18-5-8-20(9-6-18)37-28(38)22(13-17-14-31(4,40)15-17)24-12-7-19(16-36-24)25-21(27(34)35)10-11-23(32)26(25)33/h5-12,16-17,22,27,40H,13-15H2,1-4H3,(H,37,38). The topological polar surface area (TPSA) is 88.5 Å². The molecule has 0 spiro atoms. The van der Waals surface area contributed by atoms with Crippen LogP contribution < -0.4 is 5.32 Å². The Morgan fingerprint density at radius 3 is 2.32 bits per heavy atom. The van der Waals surface area contributed by atoms with E-state index in [-0.39, 0.29) is 28.0 Å². The van der Waals surface area contributed by atoms with Crippen molar-refractivity contribution in [1.82, 2.24) is 4.98 Å². The van der Waals surface area contributed by atoms with E-state index in [4.69, 9.17) is 16.3 Å². The number of carbonyl (C=O) groups is 2. The highest BCUT2D eigenvalue weighted by Gasteiger charge is 2.41. The molecule has 1 aliphatic carbocycles. The highest BCUT2D eigenvalue weighted by Crippen LogP contribution is 2.43. The number of rotatable bonds is 8. The van der Waals surface area contributed by atoms with E-state index in [1.807, 2.05) is 0 Å². The Hall–Kier alpha value is -3.43. The molecule has 1 atom stereocenters. The maximum Gasteiger partial charge on any atom is 0.338 e. The number of anilines is 1. The van der Waals surface area contributed by atoms with Gasteiger partial charge in [-0.3, -0.25) is 9.78 Å². The molecule has 0 saturated heterocycles. The summed E-state index contributed by atoms with van der Waals surface area (Å²) in [5.41, 5.74) is -1.04. The Labute approximate surface area is 241 Å². The van der Waals surface area contributed by atoms with Crippen LogP contribution in [0.25, 0.3) is 11.1 Å². The minimum atomic E-state index is -2.93. The minimum absolute atomic E-state index is 0.0626. The average molecular weight is 589 g/mol. The maximum absolute atomic E-state index is 14.8. The second-order valence-electron chi connectivity index (χ2n) is 11.7. The molecule has 10 heteroatoms. The van der Waals surface area contributed by atoms with Gasteiger partial charge in [-0.15, -0.1) is 0 Å². The van der Waals surface area contributed by atoms with E-state index in [2.05, 4.69) is 10.3 Å². The maximum atomic E-state index is 14.8. The van der Waals surface area contributed by atoms with Gasteiger partial charge in [0.1, 0.15) is 11.4 Å². The van der Waals surface area contributed by atoms with Gasteiger partial charge in [-0.1, -0.05) is 23.7 Å². The van der Waals surface area contributed by atoms with Gasteiger partial charge >= 0.3 is 5.97 Å². The molecule has 1 amide bonds. The SMILES string of the molecule is CC1(O)CC(CC(C(=O)Nc2ccc(C(=O)OC(C)(C)C)cc2)c2ccc(-c3c(C(F)F)ccc(Cl)c3F)cn2)C1. The molecule has 1 aliphatic rings. The third kappa shape index (κ3) is 7.45. The second kappa shape index (κ2) is 11.8. The number of esters is 1. The van der Waals surface area contributed by atoms with E-state index in [1.54, 1.807) is 52.0 Å². The molecule has 218 valence electrons. The zero-order valence-electron chi connectivity index (χ0n) is 23.2. The fraction of sp³-hybridized carbons (Fsp3) is 0.387. The number of hydrogen-bond acceptors (Lipinski definition) is 5. The molecule has 1 fully saturated rings. The molecule has 3 aromatic rings. The molecule has 41 heavy (non-hydrogen) atoms. The van der Waals surface area contributed by atoms with Crippen LogP contribution in [-0.4, -0.2) is 33.2 Å². The molecular weight excluding hydrogens is 557 g/mol. The number of amides is 1. The van der Waals surface area contributed by atoms with Crippen molar-refractivity contribution in [3.05, 3.63) is 82.4 Å². The zero-order valence-corrected chi connectivity index (χ0v) is 23.9. The number of alkyl halides is 2. The summed E-state index contributed by atoms with van der Waals surface area (Å²) in [5.74, 6) is -2.51. The van der Waals surface area contributed by atoms with Gasteiger partial charge in [0.05, 0.1) is 27.8 Å². The number of benzene rings is 2. The first-order chi connectivity index (χ1) is 19.1. The van der Waals surface area contributed by atoms with Crippen molar-refractivity contribution in [1.29, 1.82) is 0 Å². The van der Waals surface area contributed by atoms with Crippen LogP contribution in [-0.2, 0) is 9.53 Å². The number of aromatic nitrogens is 1. The largest absolute Gasteiger partial charge is 0.456 e. The highest BCUT2D eigenvalue weighted by atomic mass is 35.5. The summed E-state index contributed by atoms with van der Waals surface area (Å²) >= 11 is 5.86. The fourth-order valence-electron chi connectivity index (χ4n) is 5.10. The lowest BCUT2D eigenvalue weighted by Gasteiger charge is -2.42. The Kier molecular flexibility index (Phi) is 8.80. The molecule has 4 rings (SSSR count). The lowest BCUT2D eigenvalue weighted by Crippen LogP contribution is -2.42. The number of hydrogen-bond donors (Lipinski definition) is 2. The van der Waals surface area contributed by atoms with Crippen LogP contribution in [0.5, 0.6) is 0 Å². The van der Waals surface area contributed by atoms with E-state index >= 15 is 0 Å². The number of ether oxygens (including phenoxy) is 1. The van der Waals surface area contributed by atoms with Crippen molar-refractivity contribution in [2.24, 2.45) is 5.92 Å². The van der Waals surface area contributed by atoms with Crippen LogP contribution in [0, 0.1) is 11.7 Å². The van der Waals surface area contributed by atoms with Crippen molar-refractivity contribution in [3.63, 3.8) is 0 Å². The van der Waals surface area contributed by atoms with Crippen LogP contribution in [0.3, 0.4) is 0 Å². The molecule has 1 saturated carbocycles. The van der Waals surface area contributed by atoms with Gasteiger partial charge in [-0.05, 0) is 89.3 Å². The Morgan fingerprint density at radius 2 is 1.78 bits per heavy atom. The smallest absolute Gasteiger partial charge is 0.338 e. The van der Waals surface area contributed by atoms with E-state index in [0.717, 1.165) is 12.1 Å². The normalized spacial score (nSPS) is 19.4. The lowest BCUT2D eigenvalue weighted by molar-refractivity contribution is -0.119. The van der Waals surface area contributed by atoms with Crippen molar-refractivity contribution in [2.75, 3.05) is 5.32 Å². The minimum Gasteiger partial charge on any atom is -0.456 e. The van der Waals surface area contributed by atoms with Crippen molar-refractivity contribution in [2.45, 2.75) is 70.5 Å². The van der Waals surface area contributed by atoms with Gasteiger partial charge in [0.2, 0.25) is 5.91 Å². The molecule has 1 unspecified atom stereocenters. The molecule has 2 N–H and O–H groups in total. The number of pyridine rings is 1. The van der Waals surface area contributed by atoms with Crippen LogP contribution in [0.2, 0.25) is 5.02 Å². The van der Waals surface area contributed by atoms with Gasteiger partial charge in [0.15, 0.2) is 0 Å².